The highest BCUT2D eigenvalue weighted by Gasteiger charge is 2.20. The molecule has 0 radical (unpaired) electrons. The van der Waals surface area contributed by atoms with E-state index in [9.17, 15) is 0 Å². The highest BCUT2D eigenvalue weighted by Crippen LogP contribution is 2.28. The first-order chi connectivity index (χ1) is 5.45. The number of hydrogen-bond donors (Lipinski definition) is 0. The molecule has 0 saturated carbocycles. The highest BCUT2D eigenvalue weighted by atomic mass is 16.3. The van der Waals surface area contributed by atoms with E-state index in [-0.39, 0.29) is 5.41 Å². The van der Waals surface area contributed by atoms with Crippen LogP contribution >= 0.6 is 0 Å². The molecule has 0 amide bonds. The molecule has 1 aromatic rings. The minimum absolute atomic E-state index is 0.211. The standard InChI is InChI=1S/C11H18O/c1-6-10-9(11(3,4)5)7-8(2)12-10/h7H,6H2,1-5H3. The van der Waals surface area contributed by atoms with Gasteiger partial charge in [0.15, 0.2) is 0 Å². The SMILES string of the molecule is CCc1oc(C)cc1C(C)(C)C. The zero-order chi connectivity index (χ0) is 9.35. The van der Waals surface area contributed by atoms with Gasteiger partial charge in [0.2, 0.25) is 0 Å². The van der Waals surface area contributed by atoms with Crippen molar-refractivity contribution < 1.29 is 4.42 Å². The quantitative estimate of drug-likeness (QED) is 0.622. The van der Waals surface area contributed by atoms with E-state index in [1.807, 2.05) is 6.92 Å². The van der Waals surface area contributed by atoms with E-state index in [2.05, 4.69) is 33.8 Å². The lowest BCUT2D eigenvalue weighted by atomic mass is 9.86. The lowest BCUT2D eigenvalue weighted by Crippen LogP contribution is -2.11. The molecule has 0 unspecified atom stereocenters. The van der Waals surface area contributed by atoms with Crippen molar-refractivity contribution in [3.63, 3.8) is 0 Å². The highest BCUT2D eigenvalue weighted by molar-refractivity contribution is 5.28. The van der Waals surface area contributed by atoms with E-state index in [0.29, 0.717) is 0 Å². The fourth-order valence-electron chi connectivity index (χ4n) is 1.46. The molecule has 1 heterocycles. The fourth-order valence-corrected chi connectivity index (χ4v) is 1.46. The van der Waals surface area contributed by atoms with Crippen molar-refractivity contribution in [1.82, 2.24) is 0 Å². The summed E-state index contributed by atoms with van der Waals surface area (Å²) in [6.45, 7) is 10.8. The minimum atomic E-state index is 0.211. The summed E-state index contributed by atoms with van der Waals surface area (Å²) < 4.78 is 5.59. The smallest absolute Gasteiger partial charge is 0.107 e. The van der Waals surface area contributed by atoms with E-state index in [1.54, 1.807) is 0 Å². The summed E-state index contributed by atoms with van der Waals surface area (Å²) in [5, 5.41) is 0. The Morgan fingerprint density at radius 3 is 2.25 bits per heavy atom. The van der Waals surface area contributed by atoms with E-state index in [4.69, 9.17) is 4.42 Å². The van der Waals surface area contributed by atoms with Gasteiger partial charge in [-0.3, -0.25) is 0 Å². The Morgan fingerprint density at radius 2 is 1.92 bits per heavy atom. The Balaban J connectivity index is 3.13. The third-order valence-electron chi connectivity index (χ3n) is 2.06. The first-order valence-electron chi connectivity index (χ1n) is 4.55. The Morgan fingerprint density at radius 1 is 1.33 bits per heavy atom. The third kappa shape index (κ3) is 1.71. The van der Waals surface area contributed by atoms with Gasteiger partial charge in [0, 0.05) is 6.42 Å². The lowest BCUT2D eigenvalue weighted by Gasteiger charge is -2.17. The van der Waals surface area contributed by atoms with Crippen LogP contribution in [0.15, 0.2) is 10.5 Å². The number of hydrogen-bond acceptors (Lipinski definition) is 1. The van der Waals surface area contributed by atoms with Crippen molar-refractivity contribution in [2.45, 2.75) is 46.5 Å². The molecule has 1 aromatic heterocycles. The van der Waals surface area contributed by atoms with Crippen molar-refractivity contribution in [3.8, 4) is 0 Å². The maximum atomic E-state index is 5.59. The molecule has 0 aliphatic carbocycles. The van der Waals surface area contributed by atoms with Crippen LogP contribution in [0.4, 0.5) is 0 Å². The fraction of sp³-hybridized carbons (Fsp3) is 0.636. The zero-order valence-electron chi connectivity index (χ0n) is 8.69. The molecule has 0 aliphatic heterocycles. The predicted octanol–water partition coefficient (Wildman–Crippen LogP) is 3.45. The van der Waals surface area contributed by atoms with Gasteiger partial charge in [-0.15, -0.1) is 0 Å². The molecule has 0 atom stereocenters. The van der Waals surface area contributed by atoms with E-state index in [1.165, 1.54) is 5.56 Å². The van der Waals surface area contributed by atoms with Crippen LogP contribution in [0.1, 0.15) is 44.8 Å². The van der Waals surface area contributed by atoms with Crippen molar-refractivity contribution in [2.24, 2.45) is 0 Å². The van der Waals surface area contributed by atoms with Crippen LogP contribution in [0.2, 0.25) is 0 Å². The normalized spacial score (nSPS) is 12.1. The average Bonchev–Trinajstić information content (AvgIpc) is 2.29. The van der Waals surface area contributed by atoms with Crippen LogP contribution in [0.3, 0.4) is 0 Å². The summed E-state index contributed by atoms with van der Waals surface area (Å²) in [6, 6.07) is 2.15. The van der Waals surface area contributed by atoms with Crippen LogP contribution in [0.25, 0.3) is 0 Å². The topological polar surface area (TPSA) is 13.1 Å². The molecule has 1 rings (SSSR count). The predicted molar refractivity (Wildman–Crippen MR) is 51.5 cm³/mol. The number of rotatable bonds is 1. The lowest BCUT2D eigenvalue weighted by molar-refractivity contribution is 0.470. The molecular weight excluding hydrogens is 148 g/mol. The third-order valence-corrected chi connectivity index (χ3v) is 2.06. The van der Waals surface area contributed by atoms with Gasteiger partial charge in [-0.05, 0) is 24.0 Å². The second-order valence-electron chi connectivity index (χ2n) is 4.30. The second-order valence-corrected chi connectivity index (χ2v) is 4.30. The zero-order valence-corrected chi connectivity index (χ0v) is 8.69. The Labute approximate surface area is 74.8 Å². The summed E-state index contributed by atoms with van der Waals surface area (Å²) in [5.41, 5.74) is 1.56. The Kier molecular flexibility index (Phi) is 2.31. The largest absolute Gasteiger partial charge is 0.466 e. The first kappa shape index (κ1) is 9.37. The molecule has 0 N–H and O–H groups in total. The summed E-state index contributed by atoms with van der Waals surface area (Å²) >= 11 is 0. The maximum absolute atomic E-state index is 5.59. The average molecular weight is 166 g/mol. The van der Waals surface area contributed by atoms with Gasteiger partial charge in [0.25, 0.3) is 0 Å². The number of furan rings is 1. The van der Waals surface area contributed by atoms with Crippen molar-refractivity contribution >= 4 is 0 Å². The van der Waals surface area contributed by atoms with Gasteiger partial charge >= 0.3 is 0 Å². The molecule has 68 valence electrons. The van der Waals surface area contributed by atoms with Crippen LogP contribution in [0.5, 0.6) is 0 Å². The maximum Gasteiger partial charge on any atom is 0.107 e. The molecule has 0 fully saturated rings. The van der Waals surface area contributed by atoms with Crippen molar-refractivity contribution in [2.75, 3.05) is 0 Å². The van der Waals surface area contributed by atoms with E-state index in [0.717, 1.165) is 17.9 Å². The molecule has 1 heteroatoms. The molecule has 12 heavy (non-hydrogen) atoms. The van der Waals surface area contributed by atoms with E-state index >= 15 is 0 Å². The molecular formula is C11H18O. The summed E-state index contributed by atoms with van der Waals surface area (Å²) in [7, 11) is 0. The molecule has 1 nitrogen and oxygen atoms in total. The molecule has 0 aromatic carbocycles. The second kappa shape index (κ2) is 2.96. The van der Waals surface area contributed by atoms with Crippen LogP contribution in [-0.4, -0.2) is 0 Å². The van der Waals surface area contributed by atoms with Crippen molar-refractivity contribution in [3.05, 3.63) is 23.2 Å². The van der Waals surface area contributed by atoms with Gasteiger partial charge in [-0.1, -0.05) is 27.7 Å². The minimum Gasteiger partial charge on any atom is -0.466 e. The summed E-state index contributed by atoms with van der Waals surface area (Å²) in [4.78, 5) is 0. The van der Waals surface area contributed by atoms with Gasteiger partial charge in [0.1, 0.15) is 11.5 Å². The molecule has 0 spiro atoms. The van der Waals surface area contributed by atoms with Gasteiger partial charge in [-0.2, -0.15) is 0 Å². The first-order valence-corrected chi connectivity index (χ1v) is 4.55. The Bertz CT molecular complexity index is 263. The monoisotopic (exact) mass is 166 g/mol. The summed E-state index contributed by atoms with van der Waals surface area (Å²) in [6.07, 6.45) is 0.987. The van der Waals surface area contributed by atoms with Gasteiger partial charge < -0.3 is 4.42 Å². The van der Waals surface area contributed by atoms with Crippen LogP contribution in [-0.2, 0) is 11.8 Å². The van der Waals surface area contributed by atoms with Gasteiger partial charge in [0.05, 0.1) is 0 Å². The van der Waals surface area contributed by atoms with Gasteiger partial charge in [-0.25, -0.2) is 0 Å². The molecule has 0 aliphatic rings. The van der Waals surface area contributed by atoms with Crippen LogP contribution < -0.4 is 0 Å². The molecule has 0 bridgehead atoms. The summed E-state index contributed by atoms with van der Waals surface area (Å²) in [5.74, 6) is 2.16. The van der Waals surface area contributed by atoms with E-state index < -0.39 is 0 Å². The molecule has 0 saturated heterocycles. The van der Waals surface area contributed by atoms with Crippen molar-refractivity contribution in [1.29, 1.82) is 0 Å². The van der Waals surface area contributed by atoms with Crippen LogP contribution in [0, 0.1) is 6.92 Å². The number of aryl methyl sites for hydroxylation is 2. The Hall–Kier alpha value is -0.720.